The molecule has 112 valence electrons. The summed E-state index contributed by atoms with van der Waals surface area (Å²) in [5.41, 5.74) is 0.291. The van der Waals surface area contributed by atoms with E-state index in [1.807, 2.05) is 0 Å². The van der Waals surface area contributed by atoms with Gasteiger partial charge in [0, 0.05) is 37.7 Å². The van der Waals surface area contributed by atoms with Crippen molar-refractivity contribution in [1.29, 1.82) is 0 Å². The lowest BCUT2D eigenvalue weighted by molar-refractivity contribution is -0.0854. The molecule has 2 rings (SSSR count). The lowest BCUT2D eigenvalue weighted by Gasteiger charge is -2.45. The molecule has 0 radical (unpaired) electrons. The van der Waals surface area contributed by atoms with Gasteiger partial charge in [0.25, 0.3) is 0 Å². The van der Waals surface area contributed by atoms with Crippen LogP contribution < -0.4 is 5.32 Å². The van der Waals surface area contributed by atoms with Crippen molar-refractivity contribution in [2.24, 2.45) is 5.41 Å². The molecule has 3 unspecified atom stereocenters. The Morgan fingerprint density at radius 1 is 1.37 bits per heavy atom. The highest BCUT2D eigenvalue weighted by atomic mass is 16.5. The summed E-state index contributed by atoms with van der Waals surface area (Å²) < 4.78 is 11.5. The summed E-state index contributed by atoms with van der Waals surface area (Å²) in [6, 6.07) is 0.525. The van der Waals surface area contributed by atoms with Gasteiger partial charge in [0.1, 0.15) is 0 Å². The van der Waals surface area contributed by atoms with Gasteiger partial charge in [-0.2, -0.15) is 0 Å². The van der Waals surface area contributed by atoms with E-state index in [0.29, 0.717) is 17.6 Å². The van der Waals surface area contributed by atoms with Crippen LogP contribution in [0.5, 0.6) is 0 Å². The number of rotatable bonds is 5. The summed E-state index contributed by atoms with van der Waals surface area (Å²) in [5, 5.41) is 3.54. The van der Waals surface area contributed by atoms with Crippen molar-refractivity contribution in [3.05, 3.63) is 0 Å². The number of ether oxygens (including phenoxy) is 2. The van der Waals surface area contributed by atoms with Crippen LogP contribution in [0.2, 0.25) is 0 Å². The molecule has 2 aliphatic rings. The van der Waals surface area contributed by atoms with E-state index in [1.165, 1.54) is 12.8 Å². The Balaban J connectivity index is 1.97. The third-order valence-corrected chi connectivity index (χ3v) is 4.43. The molecule has 0 saturated carbocycles. The van der Waals surface area contributed by atoms with E-state index in [9.17, 15) is 0 Å². The highest BCUT2D eigenvalue weighted by Crippen LogP contribution is 2.30. The molecule has 19 heavy (non-hydrogen) atoms. The maximum absolute atomic E-state index is 5.79. The van der Waals surface area contributed by atoms with Crippen molar-refractivity contribution in [3.8, 4) is 0 Å². The molecule has 0 aliphatic carbocycles. The van der Waals surface area contributed by atoms with Gasteiger partial charge in [-0.15, -0.1) is 0 Å². The van der Waals surface area contributed by atoms with Gasteiger partial charge in [-0.25, -0.2) is 0 Å². The van der Waals surface area contributed by atoms with Crippen molar-refractivity contribution < 1.29 is 9.47 Å². The normalized spacial score (nSPS) is 37.4. The molecule has 3 atom stereocenters. The van der Waals surface area contributed by atoms with Crippen LogP contribution >= 0.6 is 0 Å². The zero-order valence-corrected chi connectivity index (χ0v) is 12.8. The van der Waals surface area contributed by atoms with Crippen LogP contribution in [0, 0.1) is 5.41 Å². The minimum absolute atomic E-state index is 0.291. The molecular formula is C15H30N2O2. The quantitative estimate of drug-likeness (QED) is 0.821. The molecule has 0 aromatic rings. The molecule has 2 heterocycles. The minimum atomic E-state index is 0.291. The predicted molar refractivity (Wildman–Crippen MR) is 77.5 cm³/mol. The number of nitrogens with one attached hydrogen (secondary N) is 1. The van der Waals surface area contributed by atoms with E-state index in [0.717, 1.165) is 46.0 Å². The molecule has 4 nitrogen and oxygen atoms in total. The molecule has 1 N–H and O–H groups in total. The van der Waals surface area contributed by atoms with Crippen molar-refractivity contribution >= 4 is 0 Å². The first-order valence-electron chi connectivity index (χ1n) is 7.79. The fourth-order valence-electron chi connectivity index (χ4n) is 3.24. The van der Waals surface area contributed by atoms with Gasteiger partial charge in [0.2, 0.25) is 0 Å². The first-order valence-corrected chi connectivity index (χ1v) is 7.79. The van der Waals surface area contributed by atoms with Gasteiger partial charge in [0.15, 0.2) is 0 Å². The Bertz CT molecular complexity index is 267. The zero-order valence-electron chi connectivity index (χ0n) is 12.8. The second kappa shape index (κ2) is 7.02. The maximum Gasteiger partial charge on any atom is 0.0674 e. The zero-order chi connectivity index (χ0) is 13.7. The first kappa shape index (κ1) is 15.2. The van der Waals surface area contributed by atoms with Crippen LogP contribution in [0.4, 0.5) is 0 Å². The van der Waals surface area contributed by atoms with Crippen LogP contribution in [0.15, 0.2) is 0 Å². The second-order valence-corrected chi connectivity index (χ2v) is 6.36. The number of hydrogen-bond acceptors (Lipinski definition) is 4. The Kier molecular flexibility index (Phi) is 5.63. The summed E-state index contributed by atoms with van der Waals surface area (Å²) in [4.78, 5) is 2.60. The Morgan fingerprint density at radius 3 is 2.89 bits per heavy atom. The lowest BCUT2D eigenvalue weighted by Crippen LogP contribution is -2.55. The molecule has 4 heteroatoms. The minimum Gasteiger partial charge on any atom is -0.381 e. The maximum atomic E-state index is 5.79. The summed E-state index contributed by atoms with van der Waals surface area (Å²) in [5.74, 6) is 0. The Morgan fingerprint density at radius 2 is 2.21 bits per heavy atom. The van der Waals surface area contributed by atoms with Gasteiger partial charge in [-0.3, -0.25) is 4.90 Å². The van der Waals surface area contributed by atoms with E-state index in [4.69, 9.17) is 9.47 Å². The van der Waals surface area contributed by atoms with E-state index in [2.05, 4.69) is 31.0 Å². The summed E-state index contributed by atoms with van der Waals surface area (Å²) in [7, 11) is 0. The molecule has 0 aromatic carbocycles. The third-order valence-electron chi connectivity index (χ3n) is 4.43. The summed E-state index contributed by atoms with van der Waals surface area (Å²) in [6.07, 6.45) is 2.83. The fraction of sp³-hybridized carbons (Fsp3) is 1.00. The van der Waals surface area contributed by atoms with Gasteiger partial charge < -0.3 is 14.8 Å². The Labute approximate surface area is 117 Å². The van der Waals surface area contributed by atoms with Gasteiger partial charge in [0.05, 0.1) is 19.3 Å². The van der Waals surface area contributed by atoms with E-state index in [1.54, 1.807) is 0 Å². The highest BCUT2D eigenvalue weighted by molar-refractivity contribution is 4.90. The highest BCUT2D eigenvalue weighted by Gasteiger charge is 2.37. The monoisotopic (exact) mass is 270 g/mol. The molecule has 0 bridgehead atoms. The van der Waals surface area contributed by atoms with Crippen LogP contribution in [0.1, 0.15) is 33.6 Å². The van der Waals surface area contributed by atoms with Crippen molar-refractivity contribution in [1.82, 2.24) is 10.2 Å². The predicted octanol–water partition coefficient (Wildman–Crippen LogP) is 1.50. The van der Waals surface area contributed by atoms with Gasteiger partial charge in [-0.1, -0.05) is 6.92 Å². The van der Waals surface area contributed by atoms with Crippen LogP contribution in [-0.4, -0.2) is 63.0 Å². The van der Waals surface area contributed by atoms with Crippen molar-refractivity contribution in [2.75, 3.05) is 46.0 Å². The van der Waals surface area contributed by atoms with E-state index in [-0.39, 0.29) is 0 Å². The van der Waals surface area contributed by atoms with Crippen molar-refractivity contribution in [2.45, 2.75) is 45.8 Å². The largest absolute Gasteiger partial charge is 0.381 e. The molecular weight excluding hydrogens is 240 g/mol. The molecule has 0 aromatic heterocycles. The van der Waals surface area contributed by atoms with E-state index < -0.39 is 0 Å². The standard InChI is InChI=1S/C15H30N2O2/c1-4-16-10-15(6-5-7-18-12-15)11-17-8-14(3)19-9-13(17)2/h13-14,16H,4-12H2,1-3H3. The Hall–Kier alpha value is -0.160. The topological polar surface area (TPSA) is 33.7 Å². The number of morpholine rings is 1. The summed E-state index contributed by atoms with van der Waals surface area (Å²) >= 11 is 0. The van der Waals surface area contributed by atoms with Crippen LogP contribution in [0.25, 0.3) is 0 Å². The smallest absolute Gasteiger partial charge is 0.0674 e. The molecule has 0 spiro atoms. The molecule has 2 saturated heterocycles. The second-order valence-electron chi connectivity index (χ2n) is 6.36. The first-order chi connectivity index (χ1) is 9.15. The average molecular weight is 270 g/mol. The van der Waals surface area contributed by atoms with Gasteiger partial charge in [-0.05, 0) is 33.2 Å². The third kappa shape index (κ3) is 4.15. The van der Waals surface area contributed by atoms with Crippen LogP contribution in [0.3, 0.4) is 0 Å². The van der Waals surface area contributed by atoms with E-state index >= 15 is 0 Å². The van der Waals surface area contributed by atoms with Crippen LogP contribution in [-0.2, 0) is 9.47 Å². The molecule has 2 fully saturated rings. The molecule has 2 aliphatic heterocycles. The average Bonchev–Trinajstić information content (AvgIpc) is 2.42. The number of nitrogens with zero attached hydrogens (tertiary/aromatic N) is 1. The summed E-state index contributed by atoms with van der Waals surface area (Å²) in [6.45, 7) is 13.6. The van der Waals surface area contributed by atoms with Crippen molar-refractivity contribution in [3.63, 3.8) is 0 Å². The fourth-order valence-corrected chi connectivity index (χ4v) is 3.24. The number of hydrogen-bond donors (Lipinski definition) is 1. The lowest BCUT2D eigenvalue weighted by atomic mass is 9.81. The molecule has 0 amide bonds. The van der Waals surface area contributed by atoms with Gasteiger partial charge >= 0.3 is 0 Å². The SMILES string of the molecule is CCNCC1(CN2CC(C)OCC2C)CCCOC1.